The van der Waals surface area contributed by atoms with Crippen molar-refractivity contribution in [2.75, 3.05) is 13.7 Å². The molecule has 0 amide bonds. The molecule has 0 aliphatic heterocycles. The Bertz CT molecular complexity index is 400. The average molecular weight is 265 g/mol. The molecule has 1 aromatic carbocycles. The fourth-order valence-corrected chi connectivity index (χ4v) is 2.13. The lowest BCUT2D eigenvalue weighted by Gasteiger charge is -2.28. The number of rotatable bonds is 7. The number of hydrogen-bond donors (Lipinski definition) is 2. The van der Waals surface area contributed by atoms with Crippen molar-refractivity contribution in [1.29, 1.82) is 0 Å². The van der Waals surface area contributed by atoms with E-state index in [2.05, 4.69) is 31.3 Å². The van der Waals surface area contributed by atoms with Gasteiger partial charge in [0.05, 0.1) is 12.7 Å². The highest BCUT2D eigenvalue weighted by Gasteiger charge is 2.23. The Hall–Kier alpha value is -1.06. The molecule has 3 heteroatoms. The monoisotopic (exact) mass is 265 g/mol. The predicted molar refractivity (Wildman–Crippen MR) is 79.7 cm³/mol. The van der Waals surface area contributed by atoms with E-state index >= 15 is 0 Å². The van der Waals surface area contributed by atoms with Crippen LogP contribution < -0.4 is 10.1 Å². The molecule has 0 spiro atoms. The number of nitrogens with one attached hydrogen (secondary N) is 1. The molecule has 0 bridgehead atoms. The third kappa shape index (κ3) is 4.22. The number of aliphatic hydroxyl groups is 1. The summed E-state index contributed by atoms with van der Waals surface area (Å²) in [6.07, 6.45) is 1.52. The van der Waals surface area contributed by atoms with Crippen LogP contribution in [-0.4, -0.2) is 24.4 Å². The van der Waals surface area contributed by atoms with Crippen molar-refractivity contribution in [3.63, 3.8) is 0 Å². The highest BCUT2D eigenvalue weighted by molar-refractivity contribution is 5.39. The maximum atomic E-state index is 10.3. The van der Waals surface area contributed by atoms with E-state index in [4.69, 9.17) is 4.74 Å². The minimum atomic E-state index is -0.619. The largest absolute Gasteiger partial charge is 0.496 e. The molecule has 0 aliphatic rings. The molecule has 1 rings (SSSR count). The first kappa shape index (κ1) is 16.0. The van der Waals surface area contributed by atoms with Crippen LogP contribution in [0.4, 0.5) is 0 Å². The molecule has 0 aromatic heterocycles. The molecule has 108 valence electrons. The number of ether oxygens (including phenoxy) is 1. The topological polar surface area (TPSA) is 41.5 Å². The Morgan fingerprint density at radius 3 is 2.47 bits per heavy atom. The Morgan fingerprint density at radius 1 is 1.32 bits per heavy atom. The summed E-state index contributed by atoms with van der Waals surface area (Å²) >= 11 is 0. The van der Waals surface area contributed by atoms with Crippen LogP contribution >= 0.6 is 0 Å². The van der Waals surface area contributed by atoms with E-state index in [-0.39, 0.29) is 6.04 Å². The summed E-state index contributed by atoms with van der Waals surface area (Å²) < 4.78 is 5.43. The highest BCUT2D eigenvalue weighted by Crippen LogP contribution is 2.26. The first-order chi connectivity index (χ1) is 8.95. The fourth-order valence-electron chi connectivity index (χ4n) is 2.13. The van der Waals surface area contributed by atoms with Gasteiger partial charge in [-0.2, -0.15) is 0 Å². The molecule has 0 radical (unpaired) electrons. The van der Waals surface area contributed by atoms with Crippen LogP contribution in [0.5, 0.6) is 5.75 Å². The van der Waals surface area contributed by atoms with Gasteiger partial charge in [-0.05, 0) is 38.3 Å². The minimum Gasteiger partial charge on any atom is -0.496 e. The Balaban J connectivity index is 2.76. The fraction of sp³-hybridized carbons (Fsp3) is 0.625. The summed E-state index contributed by atoms with van der Waals surface area (Å²) in [6, 6.07) is 6.37. The van der Waals surface area contributed by atoms with Crippen LogP contribution in [0.15, 0.2) is 18.2 Å². The van der Waals surface area contributed by atoms with Gasteiger partial charge in [-0.15, -0.1) is 0 Å². The summed E-state index contributed by atoms with van der Waals surface area (Å²) in [5.41, 5.74) is 1.70. The van der Waals surface area contributed by atoms with Crippen LogP contribution in [-0.2, 0) is 0 Å². The van der Waals surface area contributed by atoms with E-state index in [0.29, 0.717) is 6.54 Å². The van der Waals surface area contributed by atoms with Gasteiger partial charge in [0.25, 0.3) is 0 Å². The summed E-state index contributed by atoms with van der Waals surface area (Å²) in [6.45, 7) is 8.78. The molecule has 0 heterocycles. The zero-order valence-corrected chi connectivity index (χ0v) is 12.8. The van der Waals surface area contributed by atoms with Crippen molar-refractivity contribution < 1.29 is 9.84 Å². The average Bonchev–Trinajstić information content (AvgIpc) is 2.44. The molecule has 0 saturated carbocycles. The van der Waals surface area contributed by atoms with Gasteiger partial charge >= 0.3 is 0 Å². The number of aryl methyl sites for hydroxylation is 1. The van der Waals surface area contributed by atoms with Crippen molar-refractivity contribution in [2.45, 2.75) is 52.2 Å². The van der Waals surface area contributed by atoms with E-state index in [1.807, 2.05) is 19.9 Å². The predicted octanol–water partition coefficient (Wildman–Crippen LogP) is 3.21. The van der Waals surface area contributed by atoms with E-state index < -0.39 is 5.60 Å². The van der Waals surface area contributed by atoms with Crippen LogP contribution in [0.2, 0.25) is 0 Å². The van der Waals surface area contributed by atoms with Gasteiger partial charge in [0.15, 0.2) is 0 Å². The molecule has 0 aliphatic carbocycles. The second kappa shape index (κ2) is 6.92. The molecular formula is C16H27NO2. The Labute approximate surface area is 117 Å². The van der Waals surface area contributed by atoms with Gasteiger partial charge in [-0.3, -0.25) is 0 Å². The molecule has 3 nitrogen and oxygen atoms in total. The van der Waals surface area contributed by atoms with Crippen LogP contribution in [0, 0.1) is 6.92 Å². The molecule has 1 atom stereocenters. The quantitative estimate of drug-likeness (QED) is 0.795. The normalized spacial score (nSPS) is 13.4. The zero-order chi connectivity index (χ0) is 14.5. The SMILES string of the molecule is CCC(O)(CC)CNC(C)c1ccc(C)cc1OC. The molecule has 0 saturated heterocycles. The van der Waals surface area contributed by atoms with Gasteiger partial charge < -0.3 is 15.2 Å². The first-order valence-electron chi connectivity index (χ1n) is 7.06. The maximum Gasteiger partial charge on any atom is 0.123 e. The Morgan fingerprint density at radius 2 is 1.95 bits per heavy atom. The summed E-state index contributed by atoms with van der Waals surface area (Å²) in [5, 5.41) is 13.7. The lowest BCUT2D eigenvalue weighted by atomic mass is 9.96. The first-order valence-corrected chi connectivity index (χ1v) is 7.06. The molecule has 0 fully saturated rings. The van der Waals surface area contributed by atoms with E-state index in [9.17, 15) is 5.11 Å². The van der Waals surface area contributed by atoms with Crippen LogP contribution in [0.25, 0.3) is 0 Å². The van der Waals surface area contributed by atoms with Gasteiger partial charge in [0, 0.05) is 18.2 Å². The van der Waals surface area contributed by atoms with Crippen LogP contribution in [0.1, 0.15) is 50.8 Å². The minimum absolute atomic E-state index is 0.153. The van der Waals surface area contributed by atoms with Crippen molar-refractivity contribution >= 4 is 0 Å². The summed E-state index contributed by atoms with van der Waals surface area (Å²) in [4.78, 5) is 0. The number of benzene rings is 1. The number of methoxy groups -OCH3 is 1. The second-order valence-corrected chi connectivity index (χ2v) is 5.28. The molecule has 1 aromatic rings. The van der Waals surface area contributed by atoms with Gasteiger partial charge in [0.1, 0.15) is 5.75 Å². The Kier molecular flexibility index (Phi) is 5.83. The standard InChI is InChI=1S/C16H27NO2/c1-6-16(18,7-2)11-17-13(4)14-9-8-12(3)10-15(14)19-5/h8-10,13,17-18H,6-7,11H2,1-5H3. The van der Waals surface area contributed by atoms with Gasteiger partial charge in [-0.1, -0.05) is 26.0 Å². The second-order valence-electron chi connectivity index (χ2n) is 5.28. The van der Waals surface area contributed by atoms with Crippen LogP contribution in [0.3, 0.4) is 0 Å². The maximum absolute atomic E-state index is 10.3. The molecule has 19 heavy (non-hydrogen) atoms. The molecule has 1 unspecified atom stereocenters. The van der Waals surface area contributed by atoms with E-state index in [0.717, 1.165) is 24.2 Å². The van der Waals surface area contributed by atoms with E-state index in [1.54, 1.807) is 7.11 Å². The smallest absolute Gasteiger partial charge is 0.123 e. The van der Waals surface area contributed by atoms with Gasteiger partial charge in [-0.25, -0.2) is 0 Å². The van der Waals surface area contributed by atoms with Crippen molar-refractivity contribution in [3.05, 3.63) is 29.3 Å². The van der Waals surface area contributed by atoms with Crippen molar-refractivity contribution in [1.82, 2.24) is 5.32 Å². The summed E-state index contributed by atoms with van der Waals surface area (Å²) in [7, 11) is 1.69. The highest BCUT2D eigenvalue weighted by atomic mass is 16.5. The van der Waals surface area contributed by atoms with E-state index in [1.165, 1.54) is 5.56 Å². The summed E-state index contributed by atoms with van der Waals surface area (Å²) in [5.74, 6) is 0.900. The molecule has 2 N–H and O–H groups in total. The van der Waals surface area contributed by atoms with Crippen molar-refractivity contribution in [3.8, 4) is 5.75 Å². The third-order valence-electron chi connectivity index (χ3n) is 3.91. The van der Waals surface area contributed by atoms with Gasteiger partial charge in [0.2, 0.25) is 0 Å². The molecular weight excluding hydrogens is 238 g/mol. The lowest BCUT2D eigenvalue weighted by molar-refractivity contribution is 0.0302. The van der Waals surface area contributed by atoms with Crippen molar-refractivity contribution in [2.24, 2.45) is 0 Å². The zero-order valence-electron chi connectivity index (χ0n) is 12.8. The third-order valence-corrected chi connectivity index (χ3v) is 3.91. The number of hydrogen-bond acceptors (Lipinski definition) is 3. The lowest BCUT2D eigenvalue weighted by Crippen LogP contribution is -2.40.